The Bertz CT molecular complexity index is 841. The molecule has 0 heterocycles. The zero-order valence-corrected chi connectivity index (χ0v) is 17.2. The molecular weight excluding hydrogens is 352 g/mol. The third kappa shape index (κ3) is 3.75. The largest absolute Gasteiger partial charge is 0.468 e. The van der Waals surface area contributed by atoms with Crippen molar-refractivity contribution in [3.05, 3.63) is 59.7 Å². The summed E-state index contributed by atoms with van der Waals surface area (Å²) >= 11 is 0. The fourth-order valence-corrected chi connectivity index (χ4v) is 4.07. The van der Waals surface area contributed by atoms with Crippen molar-refractivity contribution in [1.29, 1.82) is 0 Å². The molecule has 28 heavy (non-hydrogen) atoms. The van der Waals surface area contributed by atoms with Gasteiger partial charge in [-0.05, 0) is 41.3 Å². The lowest BCUT2D eigenvalue weighted by Crippen LogP contribution is -2.26. The first kappa shape index (κ1) is 19.9. The molecule has 2 aromatic rings. The van der Waals surface area contributed by atoms with Crippen LogP contribution in [0.15, 0.2) is 48.5 Å². The summed E-state index contributed by atoms with van der Waals surface area (Å²) in [6.07, 6.45) is 0.348. The van der Waals surface area contributed by atoms with E-state index in [2.05, 4.69) is 24.3 Å². The lowest BCUT2D eigenvalue weighted by Gasteiger charge is -2.25. The highest BCUT2D eigenvalue weighted by atomic mass is 16.5. The maximum Gasteiger partial charge on any atom is 0.316 e. The maximum absolute atomic E-state index is 12.8. The van der Waals surface area contributed by atoms with Gasteiger partial charge in [0, 0.05) is 51.9 Å². The lowest BCUT2D eigenvalue weighted by molar-refractivity contribution is -0.148. The van der Waals surface area contributed by atoms with Gasteiger partial charge in [0.15, 0.2) is 0 Å². The van der Waals surface area contributed by atoms with Gasteiger partial charge in [0.25, 0.3) is 0 Å². The summed E-state index contributed by atoms with van der Waals surface area (Å²) in [5, 5.41) is 0. The fraction of sp³-hybridized carbons (Fsp3) is 0.391. The van der Waals surface area contributed by atoms with E-state index >= 15 is 0 Å². The Morgan fingerprint density at radius 3 is 1.75 bits per heavy atom. The number of rotatable bonds is 5. The Balaban J connectivity index is 2.02. The number of carbonyl (C=O) groups excluding carboxylic acids is 2. The summed E-state index contributed by atoms with van der Waals surface area (Å²) in [4.78, 5) is 29.3. The molecule has 0 saturated heterocycles. The Kier molecular flexibility index (Phi) is 5.73. The normalized spacial score (nSPS) is 21.5. The van der Waals surface area contributed by atoms with E-state index in [1.807, 2.05) is 62.3 Å². The molecule has 3 rings (SSSR count). The van der Waals surface area contributed by atoms with Crippen LogP contribution in [0.1, 0.15) is 29.4 Å². The van der Waals surface area contributed by atoms with E-state index in [0.717, 1.165) is 22.5 Å². The summed E-state index contributed by atoms with van der Waals surface area (Å²) in [5.74, 6) is -1.51. The Labute approximate surface area is 166 Å². The molecule has 1 fully saturated rings. The quantitative estimate of drug-likeness (QED) is 0.587. The number of esters is 1. The number of Topliss-reactive ketones (excluding diaryl/α,β-unsaturated/α-hetero) is 1. The monoisotopic (exact) mass is 380 g/mol. The number of ketones is 1. The lowest BCUT2D eigenvalue weighted by atomic mass is 9.79. The molecule has 0 amide bonds. The van der Waals surface area contributed by atoms with Crippen LogP contribution in [0.3, 0.4) is 0 Å². The van der Waals surface area contributed by atoms with Gasteiger partial charge in [-0.25, -0.2) is 0 Å². The summed E-state index contributed by atoms with van der Waals surface area (Å²) in [6.45, 7) is 0. The average molecular weight is 380 g/mol. The predicted molar refractivity (Wildman–Crippen MR) is 112 cm³/mol. The van der Waals surface area contributed by atoms with Crippen LogP contribution in [0.25, 0.3) is 0 Å². The molecule has 5 heteroatoms. The molecule has 1 aliphatic rings. The van der Waals surface area contributed by atoms with E-state index in [4.69, 9.17) is 4.74 Å². The van der Waals surface area contributed by atoms with Crippen molar-refractivity contribution in [3.63, 3.8) is 0 Å². The van der Waals surface area contributed by atoms with Gasteiger partial charge in [-0.15, -0.1) is 0 Å². The van der Waals surface area contributed by atoms with Gasteiger partial charge in [-0.2, -0.15) is 0 Å². The number of carbonyl (C=O) groups is 2. The highest BCUT2D eigenvalue weighted by molar-refractivity contribution is 6.02. The van der Waals surface area contributed by atoms with Crippen molar-refractivity contribution >= 4 is 23.1 Å². The van der Waals surface area contributed by atoms with Gasteiger partial charge in [0.05, 0.1) is 7.11 Å². The molecule has 0 N–H and O–H groups in total. The van der Waals surface area contributed by atoms with Crippen LogP contribution in [-0.4, -0.2) is 47.1 Å². The minimum Gasteiger partial charge on any atom is -0.468 e. The molecule has 0 bridgehead atoms. The molecule has 0 unspecified atom stereocenters. The van der Waals surface area contributed by atoms with Gasteiger partial charge in [0.1, 0.15) is 11.7 Å². The summed E-state index contributed by atoms with van der Waals surface area (Å²) < 4.78 is 4.98. The SMILES string of the molecule is COC(=O)[C@H]1C(=O)C[C@@H](c2ccc(N(C)C)cc2)[C@@H]1c1ccc(N(C)C)cc1. The summed E-state index contributed by atoms with van der Waals surface area (Å²) in [7, 11) is 9.31. The van der Waals surface area contributed by atoms with Crippen molar-refractivity contribution in [2.24, 2.45) is 5.92 Å². The Morgan fingerprint density at radius 2 is 1.32 bits per heavy atom. The molecule has 1 aliphatic carbocycles. The molecule has 0 spiro atoms. The number of ether oxygens (including phenoxy) is 1. The third-order valence-electron chi connectivity index (χ3n) is 5.65. The number of methoxy groups -OCH3 is 1. The third-order valence-corrected chi connectivity index (χ3v) is 5.65. The first-order chi connectivity index (χ1) is 13.3. The summed E-state index contributed by atoms with van der Waals surface area (Å²) in [6, 6.07) is 16.3. The zero-order valence-electron chi connectivity index (χ0n) is 17.2. The van der Waals surface area contributed by atoms with E-state index in [1.165, 1.54) is 7.11 Å². The first-order valence-corrected chi connectivity index (χ1v) is 9.48. The van der Waals surface area contributed by atoms with Crippen LogP contribution >= 0.6 is 0 Å². The first-order valence-electron chi connectivity index (χ1n) is 9.48. The van der Waals surface area contributed by atoms with Crippen molar-refractivity contribution in [2.45, 2.75) is 18.3 Å². The second kappa shape index (κ2) is 8.05. The Hall–Kier alpha value is -2.82. The number of hydrogen-bond donors (Lipinski definition) is 0. The van der Waals surface area contributed by atoms with Crippen LogP contribution < -0.4 is 9.80 Å². The van der Waals surface area contributed by atoms with E-state index in [9.17, 15) is 9.59 Å². The Morgan fingerprint density at radius 1 is 0.857 bits per heavy atom. The topological polar surface area (TPSA) is 49.9 Å². The van der Waals surface area contributed by atoms with Crippen LogP contribution in [0.2, 0.25) is 0 Å². The fourth-order valence-electron chi connectivity index (χ4n) is 4.07. The highest BCUT2D eigenvalue weighted by Gasteiger charge is 2.48. The molecule has 2 aromatic carbocycles. The number of hydrogen-bond acceptors (Lipinski definition) is 5. The molecule has 3 atom stereocenters. The second-order valence-corrected chi connectivity index (χ2v) is 7.78. The smallest absolute Gasteiger partial charge is 0.316 e. The van der Waals surface area contributed by atoms with Crippen LogP contribution in [-0.2, 0) is 14.3 Å². The average Bonchev–Trinajstić information content (AvgIpc) is 3.04. The van der Waals surface area contributed by atoms with Crippen LogP contribution in [0, 0.1) is 5.92 Å². The van der Waals surface area contributed by atoms with Crippen LogP contribution in [0.5, 0.6) is 0 Å². The second-order valence-electron chi connectivity index (χ2n) is 7.78. The van der Waals surface area contributed by atoms with Gasteiger partial charge in [-0.3, -0.25) is 9.59 Å². The van der Waals surface area contributed by atoms with Crippen molar-refractivity contribution < 1.29 is 14.3 Å². The number of anilines is 2. The maximum atomic E-state index is 12.8. The van der Waals surface area contributed by atoms with E-state index < -0.39 is 11.9 Å². The predicted octanol–water partition coefficient (Wildman–Crippen LogP) is 3.45. The molecule has 1 saturated carbocycles. The van der Waals surface area contributed by atoms with Crippen molar-refractivity contribution in [2.75, 3.05) is 45.1 Å². The van der Waals surface area contributed by atoms with Crippen LogP contribution in [0.4, 0.5) is 11.4 Å². The highest BCUT2D eigenvalue weighted by Crippen LogP contribution is 2.48. The van der Waals surface area contributed by atoms with E-state index in [0.29, 0.717) is 6.42 Å². The molecule has 148 valence electrons. The van der Waals surface area contributed by atoms with E-state index in [-0.39, 0.29) is 17.6 Å². The molecular formula is C23H28N2O3. The van der Waals surface area contributed by atoms with Gasteiger partial charge in [0.2, 0.25) is 0 Å². The number of nitrogens with zero attached hydrogens (tertiary/aromatic N) is 2. The van der Waals surface area contributed by atoms with Gasteiger partial charge in [-0.1, -0.05) is 24.3 Å². The van der Waals surface area contributed by atoms with E-state index in [1.54, 1.807) is 0 Å². The molecule has 0 radical (unpaired) electrons. The van der Waals surface area contributed by atoms with Gasteiger partial charge >= 0.3 is 5.97 Å². The van der Waals surface area contributed by atoms with Crippen molar-refractivity contribution in [3.8, 4) is 0 Å². The zero-order chi connectivity index (χ0) is 20.4. The summed E-state index contributed by atoms with van der Waals surface area (Å²) in [5.41, 5.74) is 4.25. The minimum absolute atomic E-state index is 0.0435. The standard InChI is InChI=1S/C23H28N2O3/c1-24(2)17-10-6-15(7-11-17)19-14-20(26)22(23(27)28-5)21(19)16-8-12-18(13-9-16)25(3)4/h6-13,19,21-22H,14H2,1-5H3/t19-,21-,22-/m0/s1. The molecule has 0 aromatic heterocycles. The minimum atomic E-state index is -0.756. The van der Waals surface area contributed by atoms with Crippen molar-refractivity contribution in [1.82, 2.24) is 0 Å². The number of benzene rings is 2. The molecule has 5 nitrogen and oxygen atoms in total. The van der Waals surface area contributed by atoms with Gasteiger partial charge < -0.3 is 14.5 Å². The molecule has 0 aliphatic heterocycles.